The van der Waals surface area contributed by atoms with Gasteiger partial charge in [-0.1, -0.05) is 146 Å². The fourth-order valence-electron chi connectivity index (χ4n) is 9.93. The van der Waals surface area contributed by atoms with Gasteiger partial charge in [-0.15, -0.1) is 11.3 Å². The fourth-order valence-corrected chi connectivity index (χ4v) is 11.1. The first kappa shape index (κ1) is 34.5. The molecular formula is C57H32N4OS. The quantitative estimate of drug-likeness (QED) is 0.177. The molecule has 0 atom stereocenters. The van der Waals surface area contributed by atoms with Crippen molar-refractivity contribution in [2.45, 2.75) is 0 Å². The molecule has 0 unspecified atom stereocenters. The molecule has 14 aromatic rings. The van der Waals surface area contributed by atoms with Crippen molar-refractivity contribution in [3.8, 4) is 39.9 Å². The molecule has 0 bridgehead atoms. The van der Waals surface area contributed by atoms with Gasteiger partial charge in [0.25, 0.3) is 0 Å². The molecule has 6 heteroatoms. The Kier molecular flexibility index (Phi) is 7.21. The molecule has 0 fully saturated rings. The van der Waals surface area contributed by atoms with E-state index in [-0.39, 0.29) is 0 Å². The largest absolute Gasteiger partial charge is 0.456 e. The third-order valence-electron chi connectivity index (χ3n) is 12.8. The van der Waals surface area contributed by atoms with Gasteiger partial charge in [0.1, 0.15) is 11.2 Å². The molecular weight excluding hydrogens is 789 g/mol. The number of fused-ring (bicyclic) bond motifs is 13. The molecule has 0 aliphatic heterocycles. The van der Waals surface area contributed by atoms with Crippen LogP contribution in [-0.4, -0.2) is 19.5 Å². The Bertz CT molecular complexity index is 4230. The molecule has 0 aliphatic rings. The lowest BCUT2D eigenvalue weighted by molar-refractivity contribution is 0.668. The third kappa shape index (κ3) is 5.19. The van der Waals surface area contributed by atoms with Gasteiger partial charge >= 0.3 is 0 Å². The fraction of sp³-hybridized carbons (Fsp3) is 0. The van der Waals surface area contributed by atoms with Gasteiger partial charge in [-0.05, 0) is 74.8 Å². The van der Waals surface area contributed by atoms with Crippen molar-refractivity contribution in [2.24, 2.45) is 0 Å². The normalized spacial score (nSPS) is 12.1. The molecule has 0 saturated heterocycles. The van der Waals surface area contributed by atoms with Gasteiger partial charge in [0.2, 0.25) is 0 Å². The summed E-state index contributed by atoms with van der Waals surface area (Å²) in [6.07, 6.45) is 0. The summed E-state index contributed by atoms with van der Waals surface area (Å²) in [5.41, 5.74) is 7.52. The highest BCUT2D eigenvalue weighted by Gasteiger charge is 2.23. The second-order valence-corrected chi connectivity index (χ2v) is 17.4. The van der Waals surface area contributed by atoms with Crippen LogP contribution in [0.15, 0.2) is 199 Å². The summed E-state index contributed by atoms with van der Waals surface area (Å²) in [4.78, 5) is 16.2. The van der Waals surface area contributed by atoms with Crippen molar-refractivity contribution in [1.29, 1.82) is 0 Å². The predicted octanol–water partition coefficient (Wildman–Crippen LogP) is 15.7. The summed E-state index contributed by atoms with van der Waals surface area (Å²) >= 11 is 1.79. The highest BCUT2D eigenvalue weighted by atomic mass is 32.1. The van der Waals surface area contributed by atoms with Crippen LogP contribution in [0.2, 0.25) is 0 Å². The third-order valence-corrected chi connectivity index (χ3v) is 13.9. The first-order valence-corrected chi connectivity index (χ1v) is 22.0. The highest BCUT2D eigenvalue weighted by molar-refractivity contribution is 7.25. The van der Waals surface area contributed by atoms with Crippen LogP contribution in [0.1, 0.15) is 0 Å². The maximum atomic E-state index is 6.80. The molecule has 14 rings (SSSR count). The minimum Gasteiger partial charge on any atom is -0.456 e. The average Bonchev–Trinajstić information content (AvgIpc) is 4.01. The summed E-state index contributed by atoms with van der Waals surface area (Å²) in [5, 5.41) is 13.9. The van der Waals surface area contributed by atoms with Crippen molar-refractivity contribution < 1.29 is 4.42 Å². The Hall–Kier alpha value is -8.19. The van der Waals surface area contributed by atoms with Crippen LogP contribution in [-0.2, 0) is 0 Å². The summed E-state index contributed by atoms with van der Waals surface area (Å²) in [7, 11) is 0. The number of rotatable bonds is 4. The smallest absolute Gasteiger partial charge is 0.164 e. The number of nitrogens with zero attached hydrogens (tertiary/aromatic N) is 4. The second-order valence-electron chi connectivity index (χ2n) is 16.3. The van der Waals surface area contributed by atoms with E-state index in [1.807, 2.05) is 12.1 Å². The number of benzene rings is 10. The zero-order chi connectivity index (χ0) is 41.2. The molecule has 292 valence electrons. The number of para-hydroxylation sites is 1. The maximum Gasteiger partial charge on any atom is 0.164 e. The Morgan fingerprint density at radius 1 is 0.365 bits per heavy atom. The molecule has 4 aromatic heterocycles. The van der Waals surface area contributed by atoms with E-state index in [1.54, 1.807) is 11.3 Å². The topological polar surface area (TPSA) is 56.7 Å². The second kappa shape index (κ2) is 13.2. The van der Waals surface area contributed by atoms with Crippen LogP contribution in [0.4, 0.5) is 0 Å². The zero-order valence-electron chi connectivity index (χ0n) is 33.6. The molecule has 0 aliphatic carbocycles. The van der Waals surface area contributed by atoms with Crippen LogP contribution in [0.5, 0.6) is 0 Å². The lowest BCUT2D eigenvalue weighted by Gasteiger charge is -2.14. The SMILES string of the molecule is c1ccc2cc3c(cc2c1)c1c2ccccc2ccc1n3-c1cc(-c2nc(-c3ccc4c(c3)sc3ccccc34)nc(-c3cccc4ccccc34)n2)c2c(c1)oc1ccccc12. The minimum absolute atomic E-state index is 0.578. The molecule has 0 saturated carbocycles. The summed E-state index contributed by atoms with van der Waals surface area (Å²) in [6.45, 7) is 0. The Labute approximate surface area is 363 Å². The van der Waals surface area contributed by atoms with Crippen molar-refractivity contribution in [3.63, 3.8) is 0 Å². The van der Waals surface area contributed by atoms with Gasteiger partial charge in [0.15, 0.2) is 17.5 Å². The lowest BCUT2D eigenvalue weighted by atomic mass is 10.0. The van der Waals surface area contributed by atoms with Gasteiger partial charge in [0, 0.05) is 64.5 Å². The number of hydrogen-bond donors (Lipinski definition) is 0. The number of hydrogen-bond acceptors (Lipinski definition) is 5. The van der Waals surface area contributed by atoms with E-state index in [9.17, 15) is 0 Å². The first-order chi connectivity index (χ1) is 31.2. The Morgan fingerprint density at radius 2 is 1.02 bits per heavy atom. The van der Waals surface area contributed by atoms with E-state index < -0.39 is 0 Å². The van der Waals surface area contributed by atoms with Crippen LogP contribution in [0.25, 0.3) is 136 Å². The van der Waals surface area contributed by atoms with Crippen molar-refractivity contribution in [2.75, 3.05) is 0 Å². The maximum absolute atomic E-state index is 6.80. The average molecular weight is 821 g/mol. The van der Waals surface area contributed by atoms with E-state index >= 15 is 0 Å². The lowest BCUT2D eigenvalue weighted by Crippen LogP contribution is -2.02. The molecule has 63 heavy (non-hydrogen) atoms. The molecule has 0 amide bonds. The number of thiophene rings is 1. The van der Waals surface area contributed by atoms with E-state index in [0.717, 1.165) is 66.1 Å². The minimum atomic E-state index is 0.578. The standard InChI is InChI=1S/C57H32N4OS/c1-2-15-36-29-48-45(28-35(36)14-1)53-40-18-6-4-13-34(40)25-27-47(53)61(48)38-31-46(54-44-20-7-9-22-49(44)62-50(54)32-38)57-59-55(37-24-26-42-41-19-8-10-23-51(41)63-52(42)30-37)58-56(60-57)43-21-11-16-33-12-3-5-17-39(33)43/h1-32H. The summed E-state index contributed by atoms with van der Waals surface area (Å²) in [5.74, 6) is 1.81. The molecule has 0 N–H and O–H groups in total. The first-order valence-electron chi connectivity index (χ1n) is 21.2. The van der Waals surface area contributed by atoms with Crippen LogP contribution in [0, 0.1) is 0 Å². The summed E-state index contributed by atoms with van der Waals surface area (Å²) < 4.78 is 11.6. The Morgan fingerprint density at radius 3 is 1.87 bits per heavy atom. The van der Waals surface area contributed by atoms with E-state index in [1.165, 1.54) is 52.5 Å². The van der Waals surface area contributed by atoms with E-state index in [0.29, 0.717) is 17.5 Å². The number of furan rings is 1. The monoisotopic (exact) mass is 820 g/mol. The van der Waals surface area contributed by atoms with Crippen molar-refractivity contribution in [3.05, 3.63) is 194 Å². The van der Waals surface area contributed by atoms with Crippen molar-refractivity contribution in [1.82, 2.24) is 19.5 Å². The number of aromatic nitrogens is 4. The van der Waals surface area contributed by atoms with Crippen molar-refractivity contribution >= 4 is 108 Å². The van der Waals surface area contributed by atoms with Gasteiger partial charge in [-0.25, -0.2) is 15.0 Å². The van der Waals surface area contributed by atoms with Crippen LogP contribution in [0.3, 0.4) is 0 Å². The Balaban J connectivity index is 1.09. The van der Waals surface area contributed by atoms with Gasteiger partial charge < -0.3 is 8.98 Å². The molecule has 5 nitrogen and oxygen atoms in total. The molecule has 0 spiro atoms. The van der Waals surface area contributed by atoms with Gasteiger partial charge in [-0.2, -0.15) is 0 Å². The highest BCUT2D eigenvalue weighted by Crippen LogP contribution is 2.44. The van der Waals surface area contributed by atoms with Crippen LogP contribution < -0.4 is 0 Å². The molecule has 4 heterocycles. The molecule has 10 aromatic carbocycles. The van der Waals surface area contributed by atoms with E-state index in [2.05, 4.69) is 187 Å². The zero-order valence-corrected chi connectivity index (χ0v) is 34.4. The van der Waals surface area contributed by atoms with E-state index in [4.69, 9.17) is 19.4 Å². The van der Waals surface area contributed by atoms with Crippen LogP contribution >= 0.6 is 11.3 Å². The van der Waals surface area contributed by atoms with Gasteiger partial charge in [-0.3, -0.25) is 0 Å². The summed E-state index contributed by atoms with van der Waals surface area (Å²) in [6, 6.07) is 69.1. The molecule has 0 radical (unpaired) electrons. The van der Waals surface area contributed by atoms with Gasteiger partial charge in [0.05, 0.1) is 16.7 Å². The predicted molar refractivity (Wildman–Crippen MR) is 263 cm³/mol.